The highest BCUT2D eigenvalue weighted by Gasteiger charge is 2.42. The molecule has 0 bridgehead atoms. The number of ether oxygens (including phenoxy) is 1. The topological polar surface area (TPSA) is 146 Å². The summed E-state index contributed by atoms with van der Waals surface area (Å²) in [4.78, 5) is 58.7. The number of rotatable bonds is 6. The molecule has 3 rings (SSSR count). The molecule has 1 saturated carbocycles. The van der Waals surface area contributed by atoms with Crippen molar-refractivity contribution in [2.45, 2.75) is 76.9 Å². The van der Waals surface area contributed by atoms with Crippen molar-refractivity contribution in [3.05, 3.63) is 21.4 Å². The third-order valence-corrected chi connectivity index (χ3v) is 7.68. The van der Waals surface area contributed by atoms with Gasteiger partial charge in [0.1, 0.15) is 12.3 Å². The molecule has 0 aromatic carbocycles. The van der Waals surface area contributed by atoms with E-state index in [0.29, 0.717) is 35.4 Å². The van der Waals surface area contributed by atoms with Gasteiger partial charge in [-0.2, -0.15) is 0 Å². The van der Waals surface area contributed by atoms with Gasteiger partial charge in [-0.05, 0) is 45.1 Å². The fraction of sp³-hybridized carbons (Fsp3) is 0.583. The maximum Gasteiger partial charge on any atom is 0.349 e. The summed E-state index contributed by atoms with van der Waals surface area (Å²) in [5.74, 6) is -1.93. The van der Waals surface area contributed by atoms with Crippen LogP contribution in [-0.4, -0.2) is 77.3 Å². The number of esters is 1. The number of amidine groups is 1. The molecule has 2 heterocycles. The van der Waals surface area contributed by atoms with Crippen molar-refractivity contribution in [2.24, 2.45) is 10.7 Å². The summed E-state index contributed by atoms with van der Waals surface area (Å²) in [5.41, 5.74) is 6.66. The van der Waals surface area contributed by atoms with Gasteiger partial charge < -0.3 is 15.4 Å². The van der Waals surface area contributed by atoms with E-state index in [0.717, 1.165) is 49.7 Å². The Morgan fingerprint density at radius 2 is 1.91 bits per heavy atom. The van der Waals surface area contributed by atoms with Crippen LogP contribution < -0.4 is 5.73 Å². The van der Waals surface area contributed by atoms with Crippen molar-refractivity contribution in [2.75, 3.05) is 13.7 Å². The number of hydrogen-bond donors (Lipinski definition) is 2. The maximum absolute atomic E-state index is 13.8. The second-order valence-corrected chi connectivity index (χ2v) is 9.90. The van der Waals surface area contributed by atoms with Gasteiger partial charge in [-0.15, -0.1) is 11.3 Å². The van der Waals surface area contributed by atoms with E-state index in [1.54, 1.807) is 19.2 Å². The lowest BCUT2D eigenvalue weighted by atomic mass is 9.92. The molecule has 0 spiro atoms. The molecular weight excluding hydrogens is 470 g/mol. The molecule has 2 atom stereocenters. The molecule has 11 heteroatoms. The summed E-state index contributed by atoms with van der Waals surface area (Å²) in [6.07, 6.45) is 6.44. The van der Waals surface area contributed by atoms with E-state index in [1.807, 2.05) is 0 Å². The highest BCUT2D eigenvalue weighted by atomic mass is 32.1. The smallest absolute Gasteiger partial charge is 0.349 e. The van der Waals surface area contributed by atoms with Crippen LogP contribution in [0.15, 0.2) is 10.4 Å². The summed E-state index contributed by atoms with van der Waals surface area (Å²) in [5, 5.41) is 9.81. The van der Waals surface area contributed by atoms with Gasteiger partial charge >= 0.3 is 5.97 Å². The van der Waals surface area contributed by atoms with Gasteiger partial charge in [-0.25, -0.2) is 9.79 Å². The van der Waals surface area contributed by atoms with Crippen LogP contribution in [-0.2, 0) is 19.1 Å². The molecule has 0 unspecified atom stereocenters. The largest absolute Gasteiger partial charge is 0.465 e. The zero-order valence-electron chi connectivity index (χ0n) is 20.4. The second-order valence-electron chi connectivity index (χ2n) is 9.02. The Labute approximate surface area is 209 Å². The first kappa shape index (κ1) is 26.7. The number of amides is 3. The van der Waals surface area contributed by atoms with E-state index < -0.39 is 24.0 Å². The minimum absolute atomic E-state index is 0.169. The average molecular weight is 504 g/mol. The lowest BCUT2D eigenvalue weighted by molar-refractivity contribution is -0.144. The monoisotopic (exact) mass is 503 g/mol. The minimum Gasteiger partial charge on any atom is -0.465 e. The van der Waals surface area contributed by atoms with Gasteiger partial charge in [0, 0.05) is 18.0 Å². The number of nitrogens with one attached hydrogen (secondary N) is 1. The SMILES string of the molecule is COC(=O)C=NC(=N)c1scc(C(=O)N(C(=O)[C@@H]2CCCN2C(=O)[C@H](C)N)C2CCCCC2)c1C. The molecule has 2 aliphatic rings. The average Bonchev–Trinajstić information content (AvgIpc) is 3.49. The third-order valence-electron chi connectivity index (χ3n) is 6.59. The van der Waals surface area contributed by atoms with Crippen LogP contribution in [0.4, 0.5) is 0 Å². The molecule has 10 nitrogen and oxygen atoms in total. The van der Waals surface area contributed by atoms with Crippen LogP contribution in [0.1, 0.15) is 72.7 Å². The number of hydrogen-bond acceptors (Lipinski definition) is 8. The van der Waals surface area contributed by atoms with E-state index in [1.165, 1.54) is 16.9 Å². The van der Waals surface area contributed by atoms with E-state index in [9.17, 15) is 19.2 Å². The summed E-state index contributed by atoms with van der Waals surface area (Å²) in [6.45, 7) is 3.74. The molecule has 2 fully saturated rings. The summed E-state index contributed by atoms with van der Waals surface area (Å²) in [6, 6.07) is -1.67. The fourth-order valence-corrected chi connectivity index (χ4v) is 5.68. The highest BCUT2D eigenvalue weighted by molar-refractivity contribution is 7.12. The van der Waals surface area contributed by atoms with Crippen LogP contribution in [0.25, 0.3) is 0 Å². The fourth-order valence-electron chi connectivity index (χ4n) is 4.71. The molecule has 1 aromatic heterocycles. The Kier molecular flexibility index (Phi) is 8.90. The second kappa shape index (κ2) is 11.7. The zero-order valence-corrected chi connectivity index (χ0v) is 21.2. The van der Waals surface area contributed by atoms with Crippen LogP contribution in [0, 0.1) is 12.3 Å². The molecule has 1 aliphatic carbocycles. The Balaban J connectivity index is 1.91. The van der Waals surface area contributed by atoms with Crippen molar-refractivity contribution in [1.29, 1.82) is 5.41 Å². The normalized spacial score (nSPS) is 19.5. The Bertz CT molecular complexity index is 1030. The predicted octanol–water partition coefficient (Wildman–Crippen LogP) is 2.27. The lowest BCUT2D eigenvalue weighted by Crippen LogP contribution is -2.55. The van der Waals surface area contributed by atoms with Crippen LogP contribution in [0.3, 0.4) is 0 Å². The Morgan fingerprint density at radius 3 is 2.54 bits per heavy atom. The molecule has 0 radical (unpaired) electrons. The first-order chi connectivity index (χ1) is 16.7. The number of likely N-dealkylation sites (tertiary alicyclic amines) is 1. The Hall–Kier alpha value is -2.92. The highest BCUT2D eigenvalue weighted by Crippen LogP contribution is 2.31. The number of nitrogens with zero attached hydrogens (tertiary/aromatic N) is 3. The summed E-state index contributed by atoms with van der Waals surface area (Å²) < 4.78 is 4.51. The molecule has 1 saturated heterocycles. The van der Waals surface area contributed by atoms with E-state index in [2.05, 4.69) is 9.73 Å². The number of imide groups is 1. The lowest BCUT2D eigenvalue weighted by Gasteiger charge is -2.36. The van der Waals surface area contributed by atoms with Gasteiger partial charge in [0.05, 0.1) is 23.6 Å². The quantitative estimate of drug-likeness (QED) is 0.263. The maximum atomic E-state index is 13.8. The van der Waals surface area contributed by atoms with Gasteiger partial charge in [-0.3, -0.25) is 24.7 Å². The first-order valence-corrected chi connectivity index (χ1v) is 12.8. The standard InChI is InChI=1S/C24H33N5O5S/c1-14-17(13-35-20(14)21(26)27-12-19(30)34-3)23(32)29(16-8-5-4-6-9-16)24(33)18-10-7-11-28(18)22(31)15(2)25/h12-13,15-16,18,26H,4-11,25H2,1-3H3/t15-,18-/m0/s1. The van der Waals surface area contributed by atoms with E-state index in [4.69, 9.17) is 11.1 Å². The predicted molar refractivity (Wildman–Crippen MR) is 133 cm³/mol. The van der Waals surface area contributed by atoms with Crippen molar-refractivity contribution < 1.29 is 23.9 Å². The van der Waals surface area contributed by atoms with E-state index >= 15 is 0 Å². The molecule has 1 aliphatic heterocycles. The summed E-state index contributed by atoms with van der Waals surface area (Å²) in [7, 11) is 1.22. The Morgan fingerprint density at radius 1 is 1.23 bits per heavy atom. The molecule has 190 valence electrons. The number of methoxy groups -OCH3 is 1. The van der Waals surface area contributed by atoms with Crippen molar-refractivity contribution >= 4 is 47.1 Å². The van der Waals surface area contributed by atoms with Gasteiger partial charge in [0.15, 0.2) is 5.84 Å². The summed E-state index contributed by atoms with van der Waals surface area (Å²) >= 11 is 1.16. The zero-order chi connectivity index (χ0) is 25.7. The van der Waals surface area contributed by atoms with Crippen molar-refractivity contribution in [3.63, 3.8) is 0 Å². The van der Waals surface area contributed by atoms with Crippen LogP contribution in [0.2, 0.25) is 0 Å². The van der Waals surface area contributed by atoms with Crippen molar-refractivity contribution in [1.82, 2.24) is 9.80 Å². The van der Waals surface area contributed by atoms with Gasteiger partial charge in [0.25, 0.3) is 11.8 Å². The van der Waals surface area contributed by atoms with Gasteiger partial charge in [-0.1, -0.05) is 19.3 Å². The number of aliphatic imine (C=N–C) groups is 1. The first-order valence-electron chi connectivity index (χ1n) is 11.9. The van der Waals surface area contributed by atoms with Crippen LogP contribution >= 0.6 is 11.3 Å². The van der Waals surface area contributed by atoms with Crippen molar-refractivity contribution in [3.8, 4) is 0 Å². The molecule has 1 aromatic rings. The molecular formula is C24H33N5O5S. The minimum atomic E-state index is -0.722. The third kappa shape index (κ3) is 5.84. The molecule has 3 N–H and O–H groups in total. The number of thiophene rings is 1. The van der Waals surface area contributed by atoms with E-state index in [-0.39, 0.29) is 23.7 Å². The molecule has 35 heavy (non-hydrogen) atoms. The van der Waals surface area contributed by atoms with Gasteiger partial charge in [0.2, 0.25) is 5.91 Å². The number of carbonyl (C=O) groups excluding carboxylic acids is 4. The molecule has 3 amide bonds. The van der Waals surface area contributed by atoms with Crippen LogP contribution in [0.5, 0.6) is 0 Å². The number of nitrogens with two attached hydrogens (primary N) is 1. The number of carbonyl (C=O) groups is 4.